The van der Waals surface area contributed by atoms with Gasteiger partial charge in [0.25, 0.3) is 5.91 Å². The molecule has 1 aliphatic heterocycles. The molecule has 0 aliphatic carbocycles. The third-order valence-corrected chi connectivity index (χ3v) is 4.79. The molecule has 1 saturated heterocycles. The van der Waals surface area contributed by atoms with Crippen LogP contribution in [0.4, 0.5) is 32.2 Å². The number of nitrogens with zero attached hydrogens (tertiary/aromatic N) is 3. The van der Waals surface area contributed by atoms with E-state index in [0.29, 0.717) is 38.4 Å². The van der Waals surface area contributed by atoms with Crippen LogP contribution in [0.25, 0.3) is 0 Å². The lowest BCUT2D eigenvalue weighted by atomic mass is 10.2. The number of rotatable bonds is 4. The Kier molecular flexibility index (Phi) is 6.61. The summed E-state index contributed by atoms with van der Waals surface area (Å²) in [7, 11) is 0. The number of alkyl halides is 6. The van der Waals surface area contributed by atoms with Crippen LogP contribution >= 0.6 is 0 Å². The lowest BCUT2D eigenvalue weighted by molar-refractivity contribution is -0.138. The van der Waals surface area contributed by atoms with Crippen LogP contribution in [0.5, 0.6) is 5.75 Å². The first-order valence-corrected chi connectivity index (χ1v) is 9.40. The number of hydrogen-bond donors (Lipinski definition) is 0. The number of carbonyl (C=O) groups is 1. The van der Waals surface area contributed by atoms with E-state index in [4.69, 9.17) is 4.74 Å². The van der Waals surface area contributed by atoms with E-state index in [9.17, 15) is 31.1 Å². The summed E-state index contributed by atoms with van der Waals surface area (Å²) in [5, 5.41) is 0. The number of benzene rings is 1. The monoisotopic (exact) mass is 447 g/mol. The predicted octanol–water partition coefficient (Wildman–Crippen LogP) is 4.24. The number of aromatic nitrogens is 1. The second-order valence-electron chi connectivity index (χ2n) is 6.94. The van der Waals surface area contributed by atoms with Gasteiger partial charge in [0.05, 0.1) is 11.1 Å². The highest BCUT2D eigenvalue weighted by atomic mass is 19.4. The minimum atomic E-state index is -4.46. The Morgan fingerprint density at radius 3 is 2.10 bits per heavy atom. The minimum absolute atomic E-state index is 0.145. The lowest BCUT2D eigenvalue weighted by Gasteiger charge is -2.23. The first-order chi connectivity index (χ1) is 14.5. The zero-order chi connectivity index (χ0) is 22.6. The van der Waals surface area contributed by atoms with Gasteiger partial charge in [-0.1, -0.05) is 0 Å². The second-order valence-corrected chi connectivity index (χ2v) is 6.94. The molecule has 1 aromatic carbocycles. The zero-order valence-corrected chi connectivity index (χ0v) is 16.2. The Morgan fingerprint density at radius 1 is 0.871 bits per heavy atom. The van der Waals surface area contributed by atoms with Gasteiger partial charge in [0.2, 0.25) is 0 Å². The minimum Gasteiger partial charge on any atom is -0.484 e. The summed E-state index contributed by atoms with van der Waals surface area (Å²) < 4.78 is 81.1. The normalized spacial score (nSPS) is 15.5. The van der Waals surface area contributed by atoms with Gasteiger partial charge in [-0.15, -0.1) is 0 Å². The summed E-state index contributed by atoms with van der Waals surface area (Å²) in [6, 6.07) is 6.32. The average Bonchev–Trinajstić information content (AvgIpc) is 2.97. The zero-order valence-electron chi connectivity index (χ0n) is 16.2. The Morgan fingerprint density at radius 2 is 1.52 bits per heavy atom. The molecule has 0 spiro atoms. The number of pyridine rings is 1. The molecule has 2 heterocycles. The van der Waals surface area contributed by atoms with E-state index in [-0.39, 0.29) is 18.3 Å². The first kappa shape index (κ1) is 22.7. The third-order valence-electron chi connectivity index (χ3n) is 4.79. The summed E-state index contributed by atoms with van der Waals surface area (Å²) in [6.45, 7) is 1.31. The summed E-state index contributed by atoms with van der Waals surface area (Å²) in [4.78, 5) is 19.6. The highest BCUT2D eigenvalue weighted by molar-refractivity contribution is 5.77. The maximum atomic E-state index is 12.7. The molecule has 3 rings (SSSR count). The van der Waals surface area contributed by atoms with Crippen molar-refractivity contribution in [3.05, 3.63) is 53.7 Å². The smallest absolute Gasteiger partial charge is 0.417 e. The van der Waals surface area contributed by atoms with Crippen molar-refractivity contribution < 1.29 is 35.9 Å². The number of carbonyl (C=O) groups excluding carboxylic acids is 1. The molecule has 1 aliphatic rings. The van der Waals surface area contributed by atoms with Crippen molar-refractivity contribution in [1.82, 2.24) is 9.88 Å². The van der Waals surface area contributed by atoms with Crippen LogP contribution in [-0.4, -0.2) is 48.6 Å². The van der Waals surface area contributed by atoms with Gasteiger partial charge >= 0.3 is 12.4 Å². The molecule has 0 bridgehead atoms. The molecule has 0 saturated carbocycles. The van der Waals surface area contributed by atoms with Crippen LogP contribution in [0.2, 0.25) is 0 Å². The summed E-state index contributed by atoms with van der Waals surface area (Å²) in [5.74, 6) is 0.206. The van der Waals surface area contributed by atoms with Gasteiger partial charge in [0, 0.05) is 32.4 Å². The van der Waals surface area contributed by atoms with Gasteiger partial charge in [0.15, 0.2) is 6.61 Å². The van der Waals surface area contributed by atoms with E-state index in [1.807, 2.05) is 0 Å². The SMILES string of the molecule is O=C(COc1ccc(C(F)(F)F)cc1)N1CCCN(c2ccc(C(F)(F)F)cn2)CC1. The fourth-order valence-corrected chi connectivity index (χ4v) is 3.11. The van der Waals surface area contributed by atoms with Gasteiger partial charge in [-0.05, 0) is 42.8 Å². The second kappa shape index (κ2) is 9.03. The number of hydrogen-bond acceptors (Lipinski definition) is 4. The van der Waals surface area contributed by atoms with Crippen molar-refractivity contribution in [1.29, 1.82) is 0 Å². The summed E-state index contributed by atoms with van der Waals surface area (Å²) in [6.07, 6.45) is -7.55. The van der Waals surface area contributed by atoms with Crippen molar-refractivity contribution in [3.63, 3.8) is 0 Å². The standard InChI is InChI=1S/C20H19F6N3O2/c21-19(22,23)14-2-5-16(6-3-14)31-13-18(30)29-9-1-8-28(10-11-29)17-7-4-15(12-27-17)20(24,25)26/h2-7,12H,1,8-11,13H2. The Labute approximate surface area is 174 Å². The molecule has 2 aromatic rings. The largest absolute Gasteiger partial charge is 0.484 e. The fourth-order valence-electron chi connectivity index (χ4n) is 3.11. The summed E-state index contributed by atoms with van der Waals surface area (Å²) in [5.41, 5.74) is -1.64. The number of halogens is 6. The molecule has 168 valence electrons. The average molecular weight is 447 g/mol. The Bertz CT molecular complexity index is 882. The molecule has 0 N–H and O–H groups in total. The van der Waals surface area contributed by atoms with Crippen LogP contribution in [-0.2, 0) is 17.1 Å². The predicted molar refractivity (Wildman–Crippen MR) is 99.6 cm³/mol. The molecular weight excluding hydrogens is 428 g/mol. The molecule has 5 nitrogen and oxygen atoms in total. The van der Waals surface area contributed by atoms with Crippen molar-refractivity contribution >= 4 is 11.7 Å². The van der Waals surface area contributed by atoms with E-state index in [1.165, 1.54) is 6.07 Å². The fraction of sp³-hybridized carbons (Fsp3) is 0.400. The van der Waals surface area contributed by atoms with Crippen molar-refractivity contribution in [3.8, 4) is 5.75 Å². The molecule has 1 fully saturated rings. The molecular formula is C20H19F6N3O2. The maximum absolute atomic E-state index is 12.7. The van der Waals surface area contributed by atoms with Crippen molar-refractivity contribution in [2.45, 2.75) is 18.8 Å². The number of anilines is 1. The highest BCUT2D eigenvalue weighted by Crippen LogP contribution is 2.31. The molecule has 0 atom stereocenters. The summed E-state index contributed by atoms with van der Waals surface area (Å²) >= 11 is 0. The van der Waals surface area contributed by atoms with Gasteiger partial charge in [-0.2, -0.15) is 26.3 Å². The maximum Gasteiger partial charge on any atom is 0.417 e. The van der Waals surface area contributed by atoms with E-state index >= 15 is 0 Å². The Hall–Kier alpha value is -2.98. The first-order valence-electron chi connectivity index (χ1n) is 9.40. The van der Waals surface area contributed by atoms with Crippen LogP contribution in [0.1, 0.15) is 17.5 Å². The van der Waals surface area contributed by atoms with Crippen LogP contribution < -0.4 is 9.64 Å². The molecule has 11 heteroatoms. The lowest BCUT2D eigenvalue weighted by Crippen LogP contribution is -2.38. The van der Waals surface area contributed by atoms with Crippen molar-refractivity contribution in [2.24, 2.45) is 0 Å². The molecule has 1 amide bonds. The highest BCUT2D eigenvalue weighted by Gasteiger charge is 2.31. The van der Waals surface area contributed by atoms with Crippen LogP contribution in [0.3, 0.4) is 0 Å². The molecule has 1 aromatic heterocycles. The van der Waals surface area contributed by atoms with Gasteiger partial charge in [-0.3, -0.25) is 4.79 Å². The molecule has 31 heavy (non-hydrogen) atoms. The van der Waals surface area contributed by atoms with E-state index in [0.717, 1.165) is 36.5 Å². The van der Waals surface area contributed by atoms with Gasteiger partial charge in [0.1, 0.15) is 11.6 Å². The number of amides is 1. The van der Waals surface area contributed by atoms with Crippen LogP contribution in [0.15, 0.2) is 42.6 Å². The van der Waals surface area contributed by atoms with E-state index in [1.54, 1.807) is 9.80 Å². The molecule has 0 unspecified atom stereocenters. The van der Waals surface area contributed by atoms with Crippen molar-refractivity contribution in [2.75, 3.05) is 37.7 Å². The quantitative estimate of drug-likeness (QED) is 0.658. The van der Waals surface area contributed by atoms with Gasteiger partial charge < -0.3 is 14.5 Å². The van der Waals surface area contributed by atoms with E-state index < -0.39 is 23.5 Å². The topological polar surface area (TPSA) is 45.7 Å². The Balaban J connectivity index is 1.52. The third kappa shape index (κ3) is 6.02. The number of ether oxygens (including phenoxy) is 1. The van der Waals surface area contributed by atoms with Crippen LogP contribution in [0, 0.1) is 0 Å². The van der Waals surface area contributed by atoms with Gasteiger partial charge in [-0.25, -0.2) is 4.98 Å². The van der Waals surface area contributed by atoms with E-state index in [2.05, 4.69) is 4.98 Å². The molecule has 0 radical (unpaired) electrons.